The van der Waals surface area contributed by atoms with Crippen LogP contribution < -0.4 is 0 Å². The first kappa shape index (κ1) is 29.6. The van der Waals surface area contributed by atoms with E-state index in [2.05, 4.69) is 13.5 Å². The first-order valence-corrected chi connectivity index (χ1v) is 15.1. The summed E-state index contributed by atoms with van der Waals surface area (Å²) in [5.41, 5.74) is 0.422. The fourth-order valence-electron chi connectivity index (χ4n) is 7.56. The number of carbonyl (C=O) groups excluding carboxylic acids is 1. The van der Waals surface area contributed by atoms with Crippen molar-refractivity contribution in [3.63, 3.8) is 0 Å². The molecule has 0 amide bonds. The van der Waals surface area contributed by atoms with Crippen molar-refractivity contribution in [1.82, 2.24) is 0 Å². The highest BCUT2D eigenvalue weighted by Gasteiger charge is 2.41. The Labute approximate surface area is 219 Å². The minimum Gasteiger partial charge on any atom is -0.460 e. The Morgan fingerprint density at radius 1 is 0.889 bits per heavy atom. The molecule has 6 atom stereocenters. The largest absolute Gasteiger partial charge is 0.460 e. The van der Waals surface area contributed by atoms with E-state index in [0.717, 1.165) is 50.4 Å². The Bertz CT molecular complexity index is 659. The maximum absolute atomic E-state index is 15.5. The van der Waals surface area contributed by atoms with Crippen molar-refractivity contribution in [2.75, 3.05) is 19.8 Å². The molecule has 0 heterocycles. The molecule has 0 saturated heterocycles. The molecule has 0 aromatic heterocycles. The van der Waals surface area contributed by atoms with Crippen LogP contribution in [0.1, 0.15) is 110 Å². The molecule has 0 spiro atoms. The van der Waals surface area contributed by atoms with Crippen molar-refractivity contribution in [2.45, 2.75) is 122 Å². The molecule has 36 heavy (non-hydrogen) atoms. The smallest absolute Gasteiger partial charge is 0.333 e. The maximum Gasteiger partial charge on any atom is 0.333 e. The summed E-state index contributed by atoms with van der Waals surface area (Å²) in [6.07, 6.45) is 16.7. The molecule has 0 radical (unpaired) electrons. The Kier molecular flexibility index (Phi) is 12.7. The van der Waals surface area contributed by atoms with Crippen molar-refractivity contribution in [3.8, 4) is 0 Å². The number of hydrogen-bond acceptors (Lipinski definition) is 4. The maximum atomic E-state index is 15.5. The SMILES string of the molecule is C=C(C)C(=O)OCCOC1CCC(CCC2CCC(C3CCC(CCCO)CC3CC)C(F)C2)CC1. The molecule has 3 aliphatic rings. The third-order valence-electron chi connectivity index (χ3n) is 9.72. The number of carbonyl (C=O) groups is 1. The average Bonchev–Trinajstić information content (AvgIpc) is 2.89. The van der Waals surface area contributed by atoms with Crippen LogP contribution in [0.4, 0.5) is 4.39 Å². The number of aliphatic hydroxyl groups excluding tert-OH is 1. The van der Waals surface area contributed by atoms with E-state index >= 15 is 4.39 Å². The number of alkyl halides is 1. The molecular weight excluding hydrogens is 455 g/mol. The highest BCUT2D eigenvalue weighted by Crippen LogP contribution is 2.48. The molecule has 0 aromatic carbocycles. The van der Waals surface area contributed by atoms with Crippen molar-refractivity contribution in [1.29, 1.82) is 0 Å². The standard InChI is InChI=1S/C31H53FO4/c1-4-26-20-24(6-5-17-33)11-15-28(26)29-16-12-25(21-30(29)32)8-7-23-9-13-27(14-10-23)35-18-19-36-31(34)22(2)3/h23-30,33H,2,4-21H2,1,3H3. The number of halogens is 1. The van der Waals surface area contributed by atoms with Gasteiger partial charge >= 0.3 is 5.97 Å². The van der Waals surface area contributed by atoms with Gasteiger partial charge in [-0.2, -0.15) is 0 Å². The van der Waals surface area contributed by atoms with Crippen LogP contribution in [-0.2, 0) is 14.3 Å². The molecule has 6 unspecified atom stereocenters. The van der Waals surface area contributed by atoms with Gasteiger partial charge in [0.05, 0.1) is 12.7 Å². The van der Waals surface area contributed by atoms with Gasteiger partial charge in [-0.3, -0.25) is 0 Å². The van der Waals surface area contributed by atoms with E-state index in [0.29, 0.717) is 43.1 Å². The molecular formula is C31H53FO4. The zero-order valence-electron chi connectivity index (χ0n) is 23.1. The Hall–Kier alpha value is -0.940. The average molecular weight is 509 g/mol. The van der Waals surface area contributed by atoms with Crippen LogP contribution in [0.5, 0.6) is 0 Å². The van der Waals surface area contributed by atoms with Crippen LogP contribution in [0.25, 0.3) is 0 Å². The van der Waals surface area contributed by atoms with Gasteiger partial charge in [-0.25, -0.2) is 9.18 Å². The van der Waals surface area contributed by atoms with Crippen LogP contribution in [0, 0.1) is 35.5 Å². The summed E-state index contributed by atoms with van der Waals surface area (Å²) >= 11 is 0. The van der Waals surface area contributed by atoms with Gasteiger partial charge < -0.3 is 14.6 Å². The third-order valence-corrected chi connectivity index (χ3v) is 9.72. The molecule has 3 rings (SSSR count). The summed E-state index contributed by atoms with van der Waals surface area (Å²) in [5.74, 6) is 3.25. The van der Waals surface area contributed by atoms with Crippen LogP contribution >= 0.6 is 0 Å². The minimum absolute atomic E-state index is 0.278. The van der Waals surface area contributed by atoms with Gasteiger partial charge in [0.25, 0.3) is 0 Å². The summed E-state index contributed by atoms with van der Waals surface area (Å²) < 4.78 is 26.5. The summed E-state index contributed by atoms with van der Waals surface area (Å²) in [6.45, 7) is 8.59. The second kappa shape index (κ2) is 15.5. The molecule has 0 aliphatic heterocycles. The summed E-state index contributed by atoms with van der Waals surface area (Å²) in [6, 6.07) is 0. The van der Waals surface area contributed by atoms with Gasteiger partial charge in [0, 0.05) is 12.2 Å². The zero-order chi connectivity index (χ0) is 25.9. The second-order valence-corrected chi connectivity index (χ2v) is 12.2. The van der Waals surface area contributed by atoms with E-state index < -0.39 is 6.17 Å². The first-order valence-electron chi connectivity index (χ1n) is 15.1. The minimum atomic E-state index is -0.611. The molecule has 3 saturated carbocycles. The Morgan fingerprint density at radius 2 is 1.53 bits per heavy atom. The number of ether oxygens (including phenoxy) is 2. The molecule has 0 bridgehead atoms. The second-order valence-electron chi connectivity index (χ2n) is 12.2. The quantitative estimate of drug-likeness (QED) is 0.160. The highest BCUT2D eigenvalue weighted by atomic mass is 19.1. The van der Waals surface area contributed by atoms with Gasteiger partial charge in [0.15, 0.2) is 0 Å². The zero-order valence-corrected chi connectivity index (χ0v) is 23.1. The van der Waals surface area contributed by atoms with Crippen LogP contribution in [0.2, 0.25) is 0 Å². The Morgan fingerprint density at radius 3 is 2.17 bits per heavy atom. The van der Waals surface area contributed by atoms with Crippen LogP contribution in [-0.4, -0.2) is 43.2 Å². The highest BCUT2D eigenvalue weighted by molar-refractivity contribution is 5.86. The van der Waals surface area contributed by atoms with Crippen LogP contribution in [0.3, 0.4) is 0 Å². The van der Waals surface area contributed by atoms with Crippen molar-refractivity contribution in [3.05, 3.63) is 12.2 Å². The van der Waals surface area contributed by atoms with Crippen molar-refractivity contribution < 1.29 is 23.8 Å². The molecule has 3 aliphatic carbocycles. The number of esters is 1. The monoisotopic (exact) mass is 508 g/mol. The van der Waals surface area contributed by atoms with Crippen molar-refractivity contribution in [2.24, 2.45) is 35.5 Å². The predicted molar refractivity (Wildman–Crippen MR) is 143 cm³/mol. The molecule has 208 valence electrons. The molecule has 4 nitrogen and oxygen atoms in total. The number of rotatable bonds is 13. The van der Waals surface area contributed by atoms with Gasteiger partial charge in [-0.15, -0.1) is 0 Å². The molecule has 5 heteroatoms. The van der Waals surface area contributed by atoms with Gasteiger partial charge in [0.1, 0.15) is 12.8 Å². The van der Waals surface area contributed by atoms with E-state index in [1.165, 1.54) is 57.8 Å². The van der Waals surface area contributed by atoms with Gasteiger partial charge in [0.2, 0.25) is 0 Å². The first-order chi connectivity index (χ1) is 17.4. The lowest BCUT2D eigenvalue weighted by atomic mass is 9.62. The molecule has 3 fully saturated rings. The van der Waals surface area contributed by atoms with Gasteiger partial charge in [-0.05, 0) is 113 Å². The van der Waals surface area contributed by atoms with E-state index in [9.17, 15) is 9.90 Å². The lowest BCUT2D eigenvalue weighted by Gasteiger charge is -2.44. The lowest BCUT2D eigenvalue weighted by molar-refractivity contribution is -0.141. The summed E-state index contributed by atoms with van der Waals surface area (Å²) in [5, 5.41) is 9.17. The fourth-order valence-corrected chi connectivity index (χ4v) is 7.56. The van der Waals surface area contributed by atoms with E-state index in [1.54, 1.807) is 6.92 Å². The Balaban J connectivity index is 1.30. The lowest BCUT2D eigenvalue weighted by Crippen LogP contribution is -2.38. The summed E-state index contributed by atoms with van der Waals surface area (Å²) in [7, 11) is 0. The summed E-state index contributed by atoms with van der Waals surface area (Å²) in [4.78, 5) is 11.4. The number of hydrogen-bond donors (Lipinski definition) is 1. The molecule has 0 aromatic rings. The van der Waals surface area contributed by atoms with E-state index in [4.69, 9.17) is 9.47 Å². The fraction of sp³-hybridized carbons (Fsp3) is 0.903. The normalized spacial score (nSPS) is 35.3. The van der Waals surface area contributed by atoms with E-state index in [-0.39, 0.29) is 18.0 Å². The third kappa shape index (κ3) is 9.11. The number of aliphatic hydroxyl groups is 1. The molecule has 1 N–H and O–H groups in total. The topological polar surface area (TPSA) is 55.8 Å². The predicted octanol–water partition coefficient (Wildman–Crippen LogP) is 7.43. The van der Waals surface area contributed by atoms with Crippen LogP contribution in [0.15, 0.2) is 12.2 Å². The van der Waals surface area contributed by atoms with Crippen molar-refractivity contribution >= 4 is 5.97 Å². The van der Waals surface area contributed by atoms with Gasteiger partial charge in [-0.1, -0.05) is 39.2 Å². The van der Waals surface area contributed by atoms with E-state index in [1.807, 2.05) is 0 Å².